The van der Waals surface area contributed by atoms with Crippen LogP contribution in [0.1, 0.15) is 19.8 Å². The summed E-state index contributed by atoms with van der Waals surface area (Å²) >= 11 is 2.46. The summed E-state index contributed by atoms with van der Waals surface area (Å²) in [5.74, 6) is 0.374. The Labute approximate surface area is 183 Å². The second-order valence-electron chi connectivity index (χ2n) is 6.66. The molecule has 10 heteroatoms. The van der Waals surface area contributed by atoms with Gasteiger partial charge in [0.1, 0.15) is 16.0 Å². The van der Waals surface area contributed by atoms with Crippen LogP contribution in [0.15, 0.2) is 51.4 Å². The molecule has 1 aliphatic rings. The molecule has 1 fully saturated rings. The highest BCUT2D eigenvalue weighted by atomic mass is 32.2. The van der Waals surface area contributed by atoms with Crippen LogP contribution in [0.2, 0.25) is 0 Å². The molecule has 158 valence electrons. The van der Waals surface area contributed by atoms with Crippen molar-refractivity contribution in [1.29, 1.82) is 0 Å². The van der Waals surface area contributed by atoms with Gasteiger partial charge in [0.2, 0.25) is 5.91 Å². The number of carbonyl (C=O) groups excluding carboxylic acids is 1. The van der Waals surface area contributed by atoms with E-state index in [1.165, 1.54) is 15.6 Å². The molecular weight excluding hydrogens is 442 g/mol. The zero-order chi connectivity index (χ0) is 21.1. The third-order valence-corrected chi connectivity index (χ3v) is 8.80. The van der Waals surface area contributed by atoms with Crippen LogP contribution in [0.3, 0.4) is 0 Å². The van der Waals surface area contributed by atoms with E-state index in [9.17, 15) is 13.2 Å². The molecule has 1 amide bonds. The normalized spacial score (nSPS) is 17.2. The van der Waals surface area contributed by atoms with Crippen molar-refractivity contribution in [3.8, 4) is 17.0 Å². The summed E-state index contributed by atoms with van der Waals surface area (Å²) in [6.45, 7) is 2.80. The number of amides is 1. The second-order valence-corrected chi connectivity index (χ2v) is 10.6. The SMILES string of the molecule is CCOc1ccccc1-c1csc(NC(=O)C2CCCN2S(=O)(=O)c2cccs2)n1. The minimum atomic E-state index is -3.67. The number of nitrogens with one attached hydrogen (secondary N) is 1. The molecule has 4 rings (SSSR count). The first-order valence-corrected chi connectivity index (χ1v) is 12.7. The standard InChI is InChI=1S/C20H21N3O4S3/c1-2-27-17-9-4-3-7-14(17)15-13-29-20(21-15)22-19(24)16-8-5-11-23(16)30(25,26)18-10-6-12-28-18/h3-4,6-7,9-10,12-13,16H,2,5,8,11H2,1H3,(H,21,22,24). The van der Waals surface area contributed by atoms with Gasteiger partial charge in [0.25, 0.3) is 10.0 Å². The van der Waals surface area contributed by atoms with Crippen LogP contribution in [0.25, 0.3) is 11.3 Å². The maximum Gasteiger partial charge on any atom is 0.253 e. The van der Waals surface area contributed by atoms with Crippen molar-refractivity contribution in [2.45, 2.75) is 30.0 Å². The van der Waals surface area contributed by atoms with Crippen LogP contribution in [0, 0.1) is 0 Å². The van der Waals surface area contributed by atoms with Crippen molar-refractivity contribution in [3.63, 3.8) is 0 Å². The fourth-order valence-corrected chi connectivity index (χ4v) is 6.91. The van der Waals surface area contributed by atoms with E-state index < -0.39 is 16.1 Å². The summed E-state index contributed by atoms with van der Waals surface area (Å²) in [4.78, 5) is 17.4. The monoisotopic (exact) mass is 463 g/mol. The van der Waals surface area contributed by atoms with E-state index in [0.717, 1.165) is 22.6 Å². The minimum absolute atomic E-state index is 0.256. The number of aromatic nitrogens is 1. The van der Waals surface area contributed by atoms with Crippen LogP contribution < -0.4 is 10.1 Å². The van der Waals surface area contributed by atoms with Crippen LogP contribution >= 0.6 is 22.7 Å². The van der Waals surface area contributed by atoms with Crippen molar-refractivity contribution >= 4 is 43.7 Å². The molecule has 0 spiro atoms. The fraction of sp³-hybridized carbons (Fsp3) is 0.300. The Morgan fingerprint density at radius 3 is 2.87 bits per heavy atom. The molecule has 1 aliphatic heterocycles. The van der Waals surface area contributed by atoms with Crippen molar-refractivity contribution in [2.75, 3.05) is 18.5 Å². The van der Waals surface area contributed by atoms with E-state index in [1.54, 1.807) is 17.5 Å². The van der Waals surface area contributed by atoms with Crippen molar-refractivity contribution in [1.82, 2.24) is 9.29 Å². The summed E-state index contributed by atoms with van der Waals surface area (Å²) in [7, 11) is -3.67. The quantitative estimate of drug-likeness (QED) is 0.571. The summed E-state index contributed by atoms with van der Waals surface area (Å²) in [6.07, 6.45) is 1.13. The smallest absolute Gasteiger partial charge is 0.253 e. The molecule has 0 radical (unpaired) electrons. The molecule has 3 heterocycles. The molecule has 0 aliphatic carbocycles. The number of rotatable bonds is 7. The Morgan fingerprint density at radius 1 is 1.27 bits per heavy atom. The Balaban J connectivity index is 1.51. The highest BCUT2D eigenvalue weighted by molar-refractivity contribution is 7.91. The lowest BCUT2D eigenvalue weighted by atomic mass is 10.1. The van der Waals surface area contributed by atoms with E-state index in [2.05, 4.69) is 10.3 Å². The van der Waals surface area contributed by atoms with Gasteiger partial charge >= 0.3 is 0 Å². The Kier molecular flexibility index (Phi) is 6.19. The predicted octanol–water partition coefficient (Wildman–Crippen LogP) is 4.06. The number of sulfonamides is 1. The molecule has 1 unspecified atom stereocenters. The molecule has 1 atom stereocenters. The highest BCUT2D eigenvalue weighted by Gasteiger charge is 2.40. The number of para-hydroxylation sites is 1. The average Bonchev–Trinajstić information content (AvgIpc) is 3.49. The lowest BCUT2D eigenvalue weighted by Gasteiger charge is -2.22. The molecule has 0 saturated carbocycles. The molecular formula is C20H21N3O4S3. The maximum absolute atomic E-state index is 12.9. The van der Waals surface area contributed by atoms with Crippen LogP contribution in [-0.4, -0.2) is 42.8 Å². The summed E-state index contributed by atoms with van der Waals surface area (Å²) in [6, 6.07) is 10.1. The van der Waals surface area contributed by atoms with Gasteiger partial charge < -0.3 is 10.1 Å². The van der Waals surface area contributed by atoms with E-state index in [1.807, 2.05) is 36.6 Å². The van der Waals surface area contributed by atoms with Gasteiger partial charge in [-0.25, -0.2) is 13.4 Å². The van der Waals surface area contributed by atoms with Gasteiger partial charge in [0.15, 0.2) is 5.13 Å². The molecule has 0 bridgehead atoms. The summed E-state index contributed by atoms with van der Waals surface area (Å²) in [5.41, 5.74) is 1.55. The zero-order valence-corrected chi connectivity index (χ0v) is 18.7. The predicted molar refractivity (Wildman–Crippen MR) is 119 cm³/mol. The number of hydrogen-bond donors (Lipinski definition) is 1. The number of hydrogen-bond acceptors (Lipinski definition) is 7. The first-order valence-electron chi connectivity index (χ1n) is 9.54. The lowest BCUT2D eigenvalue weighted by molar-refractivity contribution is -0.119. The summed E-state index contributed by atoms with van der Waals surface area (Å²) < 4.78 is 33.0. The molecule has 1 aromatic carbocycles. The third-order valence-electron chi connectivity index (χ3n) is 4.76. The fourth-order valence-electron chi connectivity index (χ4n) is 3.42. The Bertz CT molecular complexity index is 1130. The maximum atomic E-state index is 12.9. The summed E-state index contributed by atoms with van der Waals surface area (Å²) in [5, 5.41) is 6.80. The van der Waals surface area contributed by atoms with Crippen LogP contribution in [-0.2, 0) is 14.8 Å². The molecule has 1 saturated heterocycles. The third kappa shape index (κ3) is 4.13. The Morgan fingerprint density at radius 2 is 2.10 bits per heavy atom. The van der Waals surface area contributed by atoms with E-state index in [4.69, 9.17) is 4.74 Å². The highest BCUT2D eigenvalue weighted by Crippen LogP contribution is 2.33. The number of nitrogens with zero attached hydrogens (tertiary/aromatic N) is 2. The van der Waals surface area contributed by atoms with Gasteiger partial charge in [-0.05, 0) is 43.3 Å². The number of thiophene rings is 1. The van der Waals surface area contributed by atoms with Gasteiger partial charge in [0, 0.05) is 17.5 Å². The zero-order valence-electron chi connectivity index (χ0n) is 16.3. The second kappa shape index (κ2) is 8.84. The molecule has 30 heavy (non-hydrogen) atoms. The van der Waals surface area contributed by atoms with Crippen molar-refractivity contribution < 1.29 is 17.9 Å². The van der Waals surface area contributed by atoms with Gasteiger partial charge in [0.05, 0.1) is 12.3 Å². The lowest BCUT2D eigenvalue weighted by Crippen LogP contribution is -2.42. The average molecular weight is 464 g/mol. The first kappa shape index (κ1) is 21.0. The first-order chi connectivity index (χ1) is 14.5. The van der Waals surface area contributed by atoms with Gasteiger partial charge in [-0.1, -0.05) is 18.2 Å². The molecule has 2 aromatic heterocycles. The molecule has 1 N–H and O–H groups in total. The number of ether oxygens (including phenoxy) is 1. The van der Waals surface area contributed by atoms with Crippen LogP contribution in [0.4, 0.5) is 5.13 Å². The Hall–Kier alpha value is -2.27. The number of carbonyl (C=O) groups is 1. The van der Waals surface area contributed by atoms with Gasteiger partial charge in [-0.15, -0.1) is 22.7 Å². The largest absolute Gasteiger partial charge is 0.493 e. The van der Waals surface area contributed by atoms with E-state index in [-0.39, 0.29) is 10.1 Å². The molecule has 3 aromatic rings. The number of anilines is 1. The minimum Gasteiger partial charge on any atom is -0.493 e. The van der Waals surface area contributed by atoms with Crippen molar-refractivity contribution in [3.05, 3.63) is 47.2 Å². The van der Waals surface area contributed by atoms with Gasteiger partial charge in [-0.3, -0.25) is 4.79 Å². The molecule has 7 nitrogen and oxygen atoms in total. The van der Waals surface area contributed by atoms with E-state index >= 15 is 0 Å². The van der Waals surface area contributed by atoms with Crippen LogP contribution in [0.5, 0.6) is 5.75 Å². The number of thiazole rings is 1. The topological polar surface area (TPSA) is 88.6 Å². The van der Waals surface area contributed by atoms with Gasteiger partial charge in [-0.2, -0.15) is 4.31 Å². The van der Waals surface area contributed by atoms with Crippen molar-refractivity contribution in [2.24, 2.45) is 0 Å². The number of benzene rings is 1. The van der Waals surface area contributed by atoms with E-state index in [0.29, 0.717) is 36.8 Å².